The van der Waals surface area contributed by atoms with Gasteiger partial charge in [0.05, 0.1) is 5.69 Å². The summed E-state index contributed by atoms with van der Waals surface area (Å²) in [6.45, 7) is 7.44. The number of hydrogen-bond donors (Lipinski definition) is 1. The highest BCUT2D eigenvalue weighted by Crippen LogP contribution is 2.34. The van der Waals surface area contributed by atoms with Crippen LogP contribution in [0, 0.1) is 12.8 Å². The molecule has 1 aromatic rings. The highest BCUT2D eigenvalue weighted by atomic mass is 15.3. The summed E-state index contributed by atoms with van der Waals surface area (Å²) in [5, 5.41) is 4.52. The van der Waals surface area contributed by atoms with Gasteiger partial charge in [0.2, 0.25) is 0 Å². The van der Waals surface area contributed by atoms with Crippen LogP contribution in [0.3, 0.4) is 0 Å². The third kappa shape index (κ3) is 2.94. The second-order valence-corrected chi connectivity index (χ2v) is 5.98. The van der Waals surface area contributed by atoms with E-state index < -0.39 is 0 Å². The molecular formula is C15H27N3. The van der Waals surface area contributed by atoms with Crippen molar-refractivity contribution in [1.29, 1.82) is 0 Å². The van der Waals surface area contributed by atoms with Gasteiger partial charge < -0.3 is 5.73 Å². The van der Waals surface area contributed by atoms with Crippen LogP contribution in [-0.4, -0.2) is 15.3 Å². The summed E-state index contributed by atoms with van der Waals surface area (Å²) in [4.78, 5) is 0. The standard InChI is InChI=1S/C15H27N3/c1-4-13-6-8-15(16,9-7-13)11-14-10-12(3)17-18(14)5-2/h10,13H,4-9,11,16H2,1-3H3. The molecule has 3 heteroatoms. The van der Waals surface area contributed by atoms with Crippen molar-refractivity contribution in [2.45, 2.75) is 71.4 Å². The van der Waals surface area contributed by atoms with Gasteiger partial charge in [-0.15, -0.1) is 0 Å². The smallest absolute Gasteiger partial charge is 0.0596 e. The van der Waals surface area contributed by atoms with Gasteiger partial charge in [0, 0.05) is 24.2 Å². The van der Waals surface area contributed by atoms with Crippen molar-refractivity contribution in [2.24, 2.45) is 11.7 Å². The fourth-order valence-electron chi connectivity index (χ4n) is 3.21. The lowest BCUT2D eigenvalue weighted by atomic mass is 9.74. The zero-order valence-corrected chi connectivity index (χ0v) is 12.1. The highest BCUT2D eigenvalue weighted by Gasteiger charge is 2.32. The summed E-state index contributed by atoms with van der Waals surface area (Å²) in [5.74, 6) is 0.902. The summed E-state index contributed by atoms with van der Waals surface area (Å²) in [6.07, 6.45) is 7.22. The summed E-state index contributed by atoms with van der Waals surface area (Å²) >= 11 is 0. The largest absolute Gasteiger partial charge is 0.325 e. The predicted octanol–water partition coefficient (Wildman–Crippen LogP) is 3.05. The van der Waals surface area contributed by atoms with Gasteiger partial charge in [0.1, 0.15) is 0 Å². The van der Waals surface area contributed by atoms with E-state index in [0.29, 0.717) is 0 Å². The minimum atomic E-state index is 0.00502. The minimum absolute atomic E-state index is 0.00502. The molecule has 0 saturated heterocycles. The average Bonchev–Trinajstić information content (AvgIpc) is 2.70. The molecule has 0 unspecified atom stereocenters. The second-order valence-electron chi connectivity index (χ2n) is 5.98. The van der Waals surface area contributed by atoms with Gasteiger partial charge in [-0.25, -0.2) is 0 Å². The Bertz CT molecular complexity index is 386. The Labute approximate surface area is 111 Å². The molecule has 0 spiro atoms. The predicted molar refractivity (Wildman–Crippen MR) is 75.5 cm³/mol. The van der Waals surface area contributed by atoms with Crippen LogP contribution in [0.4, 0.5) is 0 Å². The van der Waals surface area contributed by atoms with Gasteiger partial charge in [-0.05, 0) is 51.5 Å². The third-order valence-electron chi connectivity index (χ3n) is 4.50. The van der Waals surface area contributed by atoms with Crippen molar-refractivity contribution in [3.63, 3.8) is 0 Å². The normalized spacial score (nSPS) is 28.6. The lowest BCUT2D eigenvalue weighted by Crippen LogP contribution is -2.45. The zero-order valence-electron chi connectivity index (χ0n) is 12.1. The summed E-state index contributed by atoms with van der Waals surface area (Å²) in [5.41, 5.74) is 9.03. The number of aromatic nitrogens is 2. The van der Waals surface area contributed by atoms with Gasteiger partial charge in [0.15, 0.2) is 0 Å². The molecule has 2 rings (SSSR count). The van der Waals surface area contributed by atoms with Crippen LogP contribution in [0.2, 0.25) is 0 Å². The Hall–Kier alpha value is -0.830. The van der Waals surface area contributed by atoms with Crippen molar-refractivity contribution >= 4 is 0 Å². The first-order valence-corrected chi connectivity index (χ1v) is 7.38. The van der Waals surface area contributed by atoms with E-state index in [9.17, 15) is 0 Å². The molecule has 0 atom stereocenters. The molecule has 18 heavy (non-hydrogen) atoms. The molecule has 0 radical (unpaired) electrons. The fourth-order valence-corrected chi connectivity index (χ4v) is 3.21. The van der Waals surface area contributed by atoms with Crippen LogP contribution < -0.4 is 5.73 Å². The van der Waals surface area contributed by atoms with E-state index in [-0.39, 0.29) is 5.54 Å². The van der Waals surface area contributed by atoms with Crippen LogP contribution >= 0.6 is 0 Å². The molecule has 102 valence electrons. The number of nitrogens with zero attached hydrogens (tertiary/aromatic N) is 2. The van der Waals surface area contributed by atoms with Crippen LogP contribution in [-0.2, 0) is 13.0 Å². The van der Waals surface area contributed by atoms with Crippen molar-refractivity contribution in [3.05, 3.63) is 17.5 Å². The monoisotopic (exact) mass is 249 g/mol. The molecule has 1 aliphatic carbocycles. The molecule has 0 bridgehead atoms. The van der Waals surface area contributed by atoms with E-state index in [4.69, 9.17) is 5.73 Å². The topological polar surface area (TPSA) is 43.8 Å². The molecule has 1 fully saturated rings. The molecule has 2 N–H and O–H groups in total. The summed E-state index contributed by atoms with van der Waals surface area (Å²) in [7, 11) is 0. The number of hydrogen-bond acceptors (Lipinski definition) is 2. The van der Waals surface area contributed by atoms with E-state index in [0.717, 1.165) is 24.6 Å². The lowest BCUT2D eigenvalue weighted by Gasteiger charge is -2.37. The van der Waals surface area contributed by atoms with Crippen LogP contribution in [0.25, 0.3) is 0 Å². The second kappa shape index (κ2) is 5.43. The number of rotatable bonds is 4. The molecule has 1 saturated carbocycles. The Morgan fingerprint density at radius 1 is 1.39 bits per heavy atom. The van der Waals surface area contributed by atoms with Gasteiger partial charge in [-0.1, -0.05) is 13.3 Å². The van der Waals surface area contributed by atoms with E-state index in [1.807, 2.05) is 0 Å². The van der Waals surface area contributed by atoms with Crippen molar-refractivity contribution < 1.29 is 0 Å². The van der Waals surface area contributed by atoms with Gasteiger partial charge in [0.25, 0.3) is 0 Å². The molecule has 0 aliphatic heterocycles. The zero-order chi connectivity index (χ0) is 13.2. The summed E-state index contributed by atoms with van der Waals surface area (Å²) < 4.78 is 2.11. The lowest BCUT2D eigenvalue weighted by molar-refractivity contribution is 0.225. The van der Waals surface area contributed by atoms with Crippen LogP contribution in [0.15, 0.2) is 6.07 Å². The first kappa shape index (κ1) is 13.6. The maximum atomic E-state index is 6.60. The number of aryl methyl sites for hydroxylation is 2. The highest BCUT2D eigenvalue weighted by molar-refractivity contribution is 5.13. The van der Waals surface area contributed by atoms with Crippen molar-refractivity contribution in [1.82, 2.24) is 9.78 Å². The van der Waals surface area contributed by atoms with Gasteiger partial charge >= 0.3 is 0 Å². The van der Waals surface area contributed by atoms with E-state index in [1.54, 1.807) is 0 Å². The van der Waals surface area contributed by atoms with Crippen LogP contribution in [0.1, 0.15) is 57.3 Å². The molecule has 0 amide bonds. The molecule has 1 heterocycles. The van der Waals surface area contributed by atoms with Crippen molar-refractivity contribution in [2.75, 3.05) is 0 Å². The molecule has 3 nitrogen and oxygen atoms in total. The average molecular weight is 249 g/mol. The maximum Gasteiger partial charge on any atom is 0.0596 e. The SMILES string of the molecule is CCC1CCC(N)(Cc2cc(C)nn2CC)CC1. The van der Waals surface area contributed by atoms with Gasteiger partial charge in [-0.2, -0.15) is 5.10 Å². The van der Waals surface area contributed by atoms with Gasteiger partial charge in [-0.3, -0.25) is 4.68 Å². The van der Waals surface area contributed by atoms with Crippen LogP contribution in [0.5, 0.6) is 0 Å². The first-order valence-electron chi connectivity index (χ1n) is 7.38. The van der Waals surface area contributed by atoms with E-state index in [2.05, 4.69) is 36.6 Å². The Morgan fingerprint density at radius 3 is 2.61 bits per heavy atom. The fraction of sp³-hybridized carbons (Fsp3) is 0.800. The molecule has 0 aromatic carbocycles. The van der Waals surface area contributed by atoms with E-state index in [1.165, 1.54) is 37.8 Å². The minimum Gasteiger partial charge on any atom is -0.325 e. The molecule has 1 aliphatic rings. The Balaban J connectivity index is 2.04. The third-order valence-corrected chi connectivity index (χ3v) is 4.50. The maximum absolute atomic E-state index is 6.60. The van der Waals surface area contributed by atoms with Crippen molar-refractivity contribution in [3.8, 4) is 0 Å². The quantitative estimate of drug-likeness (QED) is 0.891. The Kier molecular flexibility index (Phi) is 4.10. The number of nitrogens with two attached hydrogens (primary N) is 1. The summed E-state index contributed by atoms with van der Waals surface area (Å²) in [6, 6.07) is 2.20. The molecular weight excluding hydrogens is 222 g/mol. The molecule has 1 aromatic heterocycles. The van der Waals surface area contributed by atoms with E-state index >= 15 is 0 Å². The first-order chi connectivity index (χ1) is 8.56. The Morgan fingerprint density at radius 2 is 2.06 bits per heavy atom.